The van der Waals surface area contributed by atoms with Gasteiger partial charge in [0, 0.05) is 6.42 Å². The SMILES string of the molecule is COc1ccccc1C#CCNC(=O)CCCc1ccccc1. The number of nitrogens with one attached hydrogen (secondary N) is 1. The van der Waals surface area contributed by atoms with Crippen LogP contribution in [0, 0.1) is 11.8 Å². The van der Waals surface area contributed by atoms with Crippen molar-refractivity contribution in [3.05, 3.63) is 65.7 Å². The number of methoxy groups -OCH3 is 1. The van der Waals surface area contributed by atoms with E-state index in [4.69, 9.17) is 4.74 Å². The Kier molecular flexibility index (Phi) is 6.74. The zero-order chi connectivity index (χ0) is 16.3. The minimum atomic E-state index is 0.0373. The summed E-state index contributed by atoms with van der Waals surface area (Å²) < 4.78 is 5.23. The van der Waals surface area contributed by atoms with Gasteiger partial charge in [0.2, 0.25) is 5.91 Å². The topological polar surface area (TPSA) is 38.3 Å². The first-order valence-corrected chi connectivity index (χ1v) is 7.72. The highest BCUT2D eigenvalue weighted by atomic mass is 16.5. The van der Waals surface area contributed by atoms with Gasteiger partial charge >= 0.3 is 0 Å². The lowest BCUT2D eigenvalue weighted by atomic mass is 10.1. The van der Waals surface area contributed by atoms with Crippen LogP contribution >= 0.6 is 0 Å². The van der Waals surface area contributed by atoms with Gasteiger partial charge in [0.1, 0.15) is 5.75 Å². The second-order valence-electron chi connectivity index (χ2n) is 5.12. The Hall–Kier alpha value is -2.73. The zero-order valence-corrected chi connectivity index (χ0v) is 13.3. The first kappa shape index (κ1) is 16.6. The monoisotopic (exact) mass is 307 g/mol. The summed E-state index contributed by atoms with van der Waals surface area (Å²) in [4.78, 5) is 11.8. The lowest BCUT2D eigenvalue weighted by molar-refractivity contribution is -0.120. The zero-order valence-electron chi connectivity index (χ0n) is 13.3. The molecule has 3 heteroatoms. The number of hydrogen-bond donors (Lipinski definition) is 1. The van der Waals surface area contributed by atoms with Crippen molar-refractivity contribution in [3.63, 3.8) is 0 Å². The van der Waals surface area contributed by atoms with E-state index >= 15 is 0 Å². The number of carbonyl (C=O) groups excluding carboxylic acids is 1. The van der Waals surface area contributed by atoms with E-state index in [0.717, 1.165) is 24.2 Å². The number of carbonyl (C=O) groups is 1. The second-order valence-corrected chi connectivity index (χ2v) is 5.12. The molecule has 2 aromatic carbocycles. The van der Waals surface area contributed by atoms with Gasteiger partial charge in [0.05, 0.1) is 19.2 Å². The van der Waals surface area contributed by atoms with Gasteiger partial charge in [-0.2, -0.15) is 0 Å². The fraction of sp³-hybridized carbons (Fsp3) is 0.250. The molecule has 1 N–H and O–H groups in total. The van der Waals surface area contributed by atoms with E-state index in [1.165, 1.54) is 5.56 Å². The fourth-order valence-corrected chi connectivity index (χ4v) is 2.22. The average Bonchev–Trinajstić information content (AvgIpc) is 2.60. The molecule has 2 rings (SSSR count). The second kappa shape index (κ2) is 9.32. The highest BCUT2D eigenvalue weighted by molar-refractivity contribution is 5.76. The van der Waals surface area contributed by atoms with Gasteiger partial charge in [-0.25, -0.2) is 0 Å². The van der Waals surface area contributed by atoms with Gasteiger partial charge in [0.25, 0.3) is 0 Å². The molecule has 0 spiro atoms. The molecule has 0 unspecified atom stereocenters. The standard InChI is InChI=1S/C20H21NO2/c1-23-19-14-6-5-12-18(19)13-8-16-21-20(22)15-7-11-17-9-3-2-4-10-17/h2-6,9-10,12,14H,7,11,15-16H2,1H3,(H,21,22). The molecule has 3 nitrogen and oxygen atoms in total. The molecule has 0 aliphatic heterocycles. The molecule has 0 aliphatic carbocycles. The predicted octanol–water partition coefficient (Wildman–Crippen LogP) is 3.19. The van der Waals surface area contributed by atoms with Crippen LogP contribution in [0.1, 0.15) is 24.0 Å². The molecule has 0 atom stereocenters. The molecule has 0 aromatic heterocycles. The van der Waals surface area contributed by atoms with Crippen LogP contribution in [0.5, 0.6) is 5.75 Å². The van der Waals surface area contributed by atoms with Crippen LogP contribution in [-0.4, -0.2) is 19.6 Å². The Morgan fingerprint density at radius 2 is 1.83 bits per heavy atom. The van der Waals surface area contributed by atoms with E-state index in [1.807, 2.05) is 42.5 Å². The van der Waals surface area contributed by atoms with Crippen molar-refractivity contribution >= 4 is 5.91 Å². The Bertz CT molecular complexity index is 684. The Balaban J connectivity index is 1.70. The number of amides is 1. The third kappa shape index (κ3) is 5.88. The molecule has 0 radical (unpaired) electrons. The lowest BCUT2D eigenvalue weighted by Gasteiger charge is -2.03. The van der Waals surface area contributed by atoms with E-state index in [-0.39, 0.29) is 5.91 Å². The van der Waals surface area contributed by atoms with E-state index in [1.54, 1.807) is 7.11 Å². The van der Waals surface area contributed by atoms with Gasteiger partial charge in [-0.3, -0.25) is 4.79 Å². The average molecular weight is 307 g/mol. The minimum absolute atomic E-state index is 0.0373. The summed E-state index contributed by atoms with van der Waals surface area (Å²) in [6.45, 7) is 0.349. The Morgan fingerprint density at radius 3 is 2.61 bits per heavy atom. The quantitative estimate of drug-likeness (QED) is 0.832. The highest BCUT2D eigenvalue weighted by Crippen LogP contribution is 2.15. The highest BCUT2D eigenvalue weighted by Gasteiger charge is 2.00. The minimum Gasteiger partial charge on any atom is -0.495 e. The van der Waals surface area contributed by atoms with Crippen LogP contribution in [0.2, 0.25) is 0 Å². The lowest BCUT2D eigenvalue weighted by Crippen LogP contribution is -2.23. The Labute approximate surface area is 137 Å². The number of hydrogen-bond acceptors (Lipinski definition) is 2. The molecule has 0 heterocycles. The van der Waals surface area contributed by atoms with Crippen molar-refractivity contribution in [1.82, 2.24) is 5.32 Å². The van der Waals surface area contributed by atoms with Crippen LogP contribution in [-0.2, 0) is 11.2 Å². The molecule has 0 fully saturated rings. The van der Waals surface area contributed by atoms with E-state index < -0.39 is 0 Å². The largest absolute Gasteiger partial charge is 0.495 e. The van der Waals surface area contributed by atoms with Crippen LogP contribution in [0.25, 0.3) is 0 Å². The van der Waals surface area contributed by atoms with Crippen LogP contribution < -0.4 is 10.1 Å². The smallest absolute Gasteiger partial charge is 0.220 e. The summed E-state index contributed by atoms with van der Waals surface area (Å²) in [6.07, 6.45) is 2.28. The maximum Gasteiger partial charge on any atom is 0.220 e. The van der Waals surface area contributed by atoms with Crippen molar-refractivity contribution in [2.45, 2.75) is 19.3 Å². The van der Waals surface area contributed by atoms with Crippen molar-refractivity contribution < 1.29 is 9.53 Å². The molecule has 2 aromatic rings. The fourth-order valence-electron chi connectivity index (χ4n) is 2.22. The van der Waals surface area contributed by atoms with E-state index in [0.29, 0.717) is 13.0 Å². The molecule has 118 valence electrons. The van der Waals surface area contributed by atoms with Gasteiger partial charge in [-0.1, -0.05) is 54.3 Å². The molecule has 1 amide bonds. The molecular weight excluding hydrogens is 286 g/mol. The van der Waals surface area contributed by atoms with Crippen molar-refractivity contribution in [2.24, 2.45) is 0 Å². The van der Waals surface area contributed by atoms with Gasteiger partial charge in [0.15, 0.2) is 0 Å². The normalized spacial score (nSPS) is 9.61. The third-order valence-corrected chi connectivity index (χ3v) is 3.42. The summed E-state index contributed by atoms with van der Waals surface area (Å²) in [5, 5.41) is 2.82. The van der Waals surface area contributed by atoms with Crippen LogP contribution in [0.4, 0.5) is 0 Å². The number of ether oxygens (including phenoxy) is 1. The number of benzene rings is 2. The molecule has 0 aliphatic rings. The molecular formula is C20H21NO2. The van der Waals surface area contributed by atoms with Crippen molar-refractivity contribution in [3.8, 4) is 17.6 Å². The molecule has 0 bridgehead atoms. The number of para-hydroxylation sites is 1. The molecule has 0 saturated carbocycles. The first-order valence-electron chi connectivity index (χ1n) is 7.72. The van der Waals surface area contributed by atoms with Gasteiger partial charge in [-0.15, -0.1) is 0 Å². The predicted molar refractivity (Wildman–Crippen MR) is 92.3 cm³/mol. The van der Waals surface area contributed by atoms with Gasteiger partial charge < -0.3 is 10.1 Å². The number of rotatable bonds is 6. The van der Waals surface area contributed by atoms with Crippen molar-refractivity contribution in [1.29, 1.82) is 0 Å². The van der Waals surface area contributed by atoms with E-state index in [9.17, 15) is 4.79 Å². The number of aryl methyl sites for hydroxylation is 1. The summed E-state index contributed by atoms with van der Waals surface area (Å²) in [6, 6.07) is 17.8. The van der Waals surface area contributed by atoms with Crippen LogP contribution in [0.15, 0.2) is 54.6 Å². The van der Waals surface area contributed by atoms with E-state index in [2.05, 4.69) is 29.3 Å². The summed E-state index contributed by atoms with van der Waals surface area (Å²) in [5.74, 6) is 6.75. The first-order chi connectivity index (χ1) is 11.3. The van der Waals surface area contributed by atoms with Crippen LogP contribution in [0.3, 0.4) is 0 Å². The summed E-state index contributed by atoms with van der Waals surface area (Å²) in [5.41, 5.74) is 2.09. The third-order valence-electron chi connectivity index (χ3n) is 3.42. The van der Waals surface area contributed by atoms with Crippen molar-refractivity contribution in [2.75, 3.05) is 13.7 Å². The van der Waals surface area contributed by atoms with Gasteiger partial charge in [-0.05, 0) is 30.5 Å². The Morgan fingerprint density at radius 1 is 1.09 bits per heavy atom. The maximum atomic E-state index is 11.8. The summed E-state index contributed by atoms with van der Waals surface area (Å²) >= 11 is 0. The molecule has 0 saturated heterocycles. The molecule has 23 heavy (non-hydrogen) atoms. The summed E-state index contributed by atoms with van der Waals surface area (Å²) in [7, 11) is 1.62. The maximum absolute atomic E-state index is 11.8.